The highest BCUT2D eigenvalue weighted by atomic mass is 16.6. The minimum atomic E-state index is -0.0589. The Kier molecular flexibility index (Phi) is 2.05. The lowest BCUT2D eigenvalue weighted by Gasteiger charge is -2.32. The van der Waals surface area contributed by atoms with Gasteiger partial charge in [-0.05, 0) is 18.9 Å². The fourth-order valence-corrected chi connectivity index (χ4v) is 1.59. The summed E-state index contributed by atoms with van der Waals surface area (Å²) in [6.07, 6.45) is 0.897. The average Bonchev–Trinajstić information content (AvgIpc) is 2.16. The second-order valence-corrected chi connectivity index (χ2v) is 3.44. The van der Waals surface area contributed by atoms with Gasteiger partial charge in [0.1, 0.15) is 6.10 Å². The van der Waals surface area contributed by atoms with E-state index in [9.17, 15) is 4.79 Å². The fourth-order valence-electron chi connectivity index (χ4n) is 1.59. The minimum absolute atomic E-state index is 0.0589. The molecule has 0 amide bonds. The maximum atomic E-state index is 11.0. The molecule has 1 aromatic rings. The molecule has 0 aliphatic carbocycles. The van der Waals surface area contributed by atoms with Gasteiger partial charge >= 0.3 is 5.97 Å². The van der Waals surface area contributed by atoms with Crippen LogP contribution in [0.1, 0.15) is 12.5 Å². The fraction of sp³-hybridized carbons (Fsp3) is 0.364. The Morgan fingerprint density at radius 3 is 2.54 bits per heavy atom. The maximum absolute atomic E-state index is 11.0. The molecule has 1 heterocycles. The van der Waals surface area contributed by atoms with Crippen LogP contribution in [0.3, 0.4) is 0 Å². The molecule has 13 heavy (non-hydrogen) atoms. The zero-order valence-corrected chi connectivity index (χ0v) is 7.57. The van der Waals surface area contributed by atoms with Crippen molar-refractivity contribution in [2.24, 2.45) is 5.92 Å². The largest absolute Gasteiger partial charge is 0.461 e. The number of rotatable bonds is 2. The van der Waals surface area contributed by atoms with Crippen LogP contribution < -0.4 is 0 Å². The highest BCUT2D eigenvalue weighted by Crippen LogP contribution is 2.25. The quantitative estimate of drug-likeness (QED) is 0.642. The van der Waals surface area contributed by atoms with Gasteiger partial charge in [-0.25, -0.2) is 0 Å². The van der Waals surface area contributed by atoms with Gasteiger partial charge < -0.3 is 4.74 Å². The van der Waals surface area contributed by atoms with Gasteiger partial charge in [0.15, 0.2) is 0 Å². The van der Waals surface area contributed by atoms with Gasteiger partial charge in [0.2, 0.25) is 0 Å². The van der Waals surface area contributed by atoms with Gasteiger partial charge in [0, 0.05) is 0 Å². The molecule has 2 nitrogen and oxygen atoms in total. The molecule has 1 fully saturated rings. The van der Waals surface area contributed by atoms with E-state index < -0.39 is 0 Å². The number of esters is 1. The van der Waals surface area contributed by atoms with E-state index in [0.717, 1.165) is 6.42 Å². The Labute approximate surface area is 77.5 Å². The molecular weight excluding hydrogens is 164 g/mol. The van der Waals surface area contributed by atoms with Gasteiger partial charge in [-0.2, -0.15) is 0 Å². The van der Waals surface area contributed by atoms with Crippen LogP contribution in [0.5, 0.6) is 0 Å². The molecule has 2 atom stereocenters. The summed E-state index contributed by atoms with van der Waals surface area (Å²) in [6, 6.07) is 10.0. The molecule has 0 bridgehead atoms. The molecule has 2 rings (SSSR count). The molecule has 68 valence electrons. The third-order valence-electron chi connectivity index (χ3n) is 2.47. The van der Waals surface area contributed by atoms with Crippen molar-refractivity contribution >= 4 is 5.97 Å². The predicted octanol–water partition coefficient (Wildman–Crippen LogP) is 1.79. The van der Waals surface area contributed by atoms with Crippen LogP contribution in [0.15, 0.2) is 30.3 Å². The van der Waals surface area contributed by atoms with Gasteiger partial charge in [-0.3, -0.25) is 4.79 Å². The first kappa shape index (κ1) is 8.30. The van der Waals surface area contributed by atoms with E-state index in [1.165, 1.54) is 5.56 Å². The van der Waals surface area contributed by atoms with E-state index in [4.69, 9.17) is 4.74 Å². The average molecular weight is 176 g/mol. The van der Waals surface area contributed by atoms with Crippen molar-refractivity contribution in [1.82, 2.24) is 0 Å². The molecule has 1 aliphatic heterocycles. The summed E-state index contributed by atoms with van der Waals surface area (Å²) in [7, 11) is 0. The number of hydrogen-bond acceptors (Lipinski definition) is 2. The van der Waals surface area contributed by atoms with Gasteiger partial charge in [-0.15, -0.1) is 0 Å². The summed E-state index contributed by atoms with van der Waals surface area (Å²) in [5.74, 6) is 0.0127. The Morgan fingerprint density at radius 2 is 2.00 bits per heavy atom. The molecule has 0 aromatic heterocycles. The third-order valence-corrected chi connectivity index (χ3v) is 2.47. The van der Waals surface area contributed by atoms with Crippen molar-refractivity contribution in [3.05, 3.63) is 35.9 Å². The van der Waals surface area contributed by atoms with E-state index in [-0.39, 0.29) is 18.0 Å². The van der Waals surface area contributed by atoms with Crippen molar-refractivity contribution < 1.29 is 9.53 Å². The highest BCUT2D eigenvalue weighted by molar-refractivity contribution is 5.78. The van der Waals surface area contributed by atoms with Gasteiger partial charge in [-0.1, -0.05) is 30.3 Å². The number of cyclic esters (lactones) is 1. The standard InChI is InChI=1S/C11H12O2/c1-8-10(11(12)13-8)7-9-5-3-2-4-6-9/h2-6,8,10H,7H2,1H3/t8-,10-/m1/s1. The van der Waals surface area contributed by atoms with Crippen LogP contribution in [-0.2, 0) is 16.0 Å². The Morgan fingerprint density at radius 1 is 1.31 bits per heavy atom. The summed E-state index contributed by atoms with van der Waals surface area (Å²) in [5.41, 5.74) is 1.20. The summed E-state index contributed by atoms with van der Waals surface area (Å²) in [5, 5.41) is 0. The second kappa shape index (κ2) is 3.21. The van der Waals surface area contributed by atoms with E-state index in [1.54, 1.807) is 0 Å². The Bertz CT molecular complexity index is 305. The zero-order valence-electron chi connectivity index (χ0n) is 7.57. The lowest BCUT2D eigenvalue weighted by molar-refractivity contribution is -0.181. The Hall–Kier alpha value is -1.31. The molecular formula is C11H12O2. The van der Waals surface area contributed by atoms with Crippen molar-refractivity contribution in [2.45, 2.75) is 19.4 Å². The van der Waals surface area contributed by atoms with E-state index >= 15 is 0 Å². The number of ether oxygens (including phenoxy) is 1. The van der Waals surface area contributed by atoms with E-state index in [1.807, 2.05) is 37.3 Å². The molecule has 0 radical (unpaired) electrons. The van der Waals surface area contributed by atoms with Crippen LogP contribution in [0.25, 0.3) is 0 Å². The first-order valence-corrected chi connectivity index (χ1v) is 4.52. The predicted molar refractivity (Wildman–Crippen MR) is 49.2 cm³/mol. The molecule has 1 saturated heterocycles. The molecule has 0 N–H and O–H groups in total. The van der Waals surface area contributed by atoms with Crippen LogP contribution >= 0.6 is 0 Å². The third kappa shape index (κ3) is 1.57. The smallest absolute Gasteiger partial charge is 0.313 e. The monoisotopic (exact) mass is 176 g/mol. The first-order chi connectivity index (χ1) is 6.27. The van der Waals surface area contributed by atoms with Crippen molar-refractivity contribution in [3.8, 4) is 0 Å². The Balaban J connectivity index is 2.02. The number of benzene rings is 1. The summed E-state index contributed by atoms with van der Waals surface area (Å²) < 4.78 is 4.88. The van der Waals surface area contributed by atoms with Crippen LogP contribution in [-0.4, -0.2) is 12.1 Å². The lowest BCUT2D eigenvalue weighted by atomic mass is 9.91. The molecule has 1 aliphatic rings. The summed E-state index contributed by atoms with van der Waals surface area (Å²) in [6.45, 7) is 1.94. The van der Waals surface area contributed by atoms with Gasteiger partial charge in [0.25, 0.3) is 0 Å². The molecule has 2 heteroatoms. The lowest BCUT2D eigenvalue weighted by Crippen LogP contribution is -2.44. The minimum Gasteiger partial charge on any atom is -0.461 e. The van der Waals surface area contributed by atoms with Crippen molar-refractivity contribution in [2.75, 3.05) is 0 Å². The van der Waals surface area contributed by atoms with E-state index in [2.05, 4.69) is 0 Å². The number of carbonyl (C=O) groups is 1. The van der Waals surface area contributed by atoms with Crippen molar-refractivity contribution in [3.63, 3.8) is 0 Å². The maximum Gasteiger partial charge on any atom is 0.313 e. The zero-order chi connectivity index (χ0) is 9.26. The second-order valence-electron chi connectivity index (χ2n) is 3.44. The first-order valence-electron chi connectivity index (χ1n) is 4.52. The highest BCUT2D eigenvalue weighted by Gasteiger charge is 2.38. The van der Waals surface area contributed by atoms with Crippen LogP contribution in [0, 0.1) is 5.92 Å². The topological polar surface area (TPSA) is 26.3 Å². The SMILES string of the molecule is C[C@H]1OC(=O)[C@@H]1Cc1ccccc1. The molecule has 0 saturated carbocycles. The van der Waals surface area contributed by atoms with Crippen LogP contribution in [0.4, 0.5) is 0 Å². The van der Waals surface area contributed by atoms with E-state index in [0.29, 0.717) is 0 Å². The van der Waals surface area contributed by atoms with Gasteiger partial charge in [0.05, 0.1) is 5.92 Å². The molecule has 0 spiro atoms. The molecule has 0 unspecified atom stereocenters. The summed E-state index contributed by atoms with van der Waals surface area (Å²) >= 11 is 0. The van der Waals surface area contributed by atoms with Crippen molar-refractivity contribution in [1.29, 1.82) is 0 Å². The normalized spacial score (nSPS) is 26.4. The molecule has 1 aromatic carbocycles. The summed E-state index contributed by atoms with van der Waals surface area (Å²) in [4.78, 5) is 11.0. The number of carbonyl (C=O) groups excluding carboxylic acids is 1. The van der Waals surface area contributed by atoms with Crippen LogP contribution in [0.2, 0.25) is 0 Å². The number of hydrogen-bond donors (Lipinski definition) is 0.